The van der Waals surface area contributed by atoms with Crippen LogP contribution in [0, 0.1) is 0 Å². The fourth-order valence-electron chi connectivity index (χ4n) is 4.61. The van der Waals surface area contributed by atoms with E-state index in [1.54, 1.807) is 24.3 Å². The number of esters is 1. The third-order valence-electron chi connectivity index (χ3n) is 7.03. The van der Waals surface area contributed by atoms with Gasteiger partial charge >= 0.3 is 5.97 Å². The maximum absolute atomic E-state index is 11.9. The molecule has 0 saturated heterocycles. The third-order valence-corrected chi connectivity index (χ3v) is 7.58. The van der Waals surface area contributed by atoms with Gasteiger partial charge in [0.15, 0.2) is 0 Å². The van der Waals surface area contributed by atoms with Crippen molar-refractivity contribution in [2.24, 2.45) is 0 Å². The Labute approximate surface area is 262 Å². The van der Waals surface area contributed by atoms with Crippen LogP contribution in [0.25, 0.3) is 34.5 Å². The van der Waals surface area contributed by atoms with Crippen LogP contribution in [0.4, 0.5) is 0 Å². The molecule has 0 N–H and O–H groups in total. The number of methoxy groups -OCH3 is 1. The lowest BCUT2D eigenvalue weighted by molar-refractivity contribution is 0.0600. The van der Waals surface area contributed by atoms with Gasteiger partial charge in [-0.1, -0.05) is 91.2 Å². The summed E-state index contributed by atoms with van der Waals surface area (Å²) < 4.78 is 12.7. The van der Waals surface area contributed by atoms with Gasteiger partial charge in [-0.15, -0.1) is 0 Å². The molecule has 1 aromatic heterocycles. The normalized spacial score (nSPS) is 11.2. The SMILES string of the molecule is CCCCOc1ccc(-c2ccc(/C=C/c3nc(-c4ccc(Cl)cc4Cl)cn3Cc3ccc(C(=O)OC)cc3)cc2)cc1. The van der Waals surface area contributed by atoms with Crippen LogP contribution < -0.4 is 4.74 Å². The Bertz CT molecular complexity index is 1710. The number of hydrogen-bond acceptors (Lipinski definition) is 4. The molecule has 0 aliphatic rings. The van der Waals surface area contributed by atoms with Crippen LogP contribution in [0.2, 0.25) is 10.0 Å². The molecule has 0 radical (unpaired) electrons. The van der Waals surface area contributed by atoms with Gasteiger partial charge in [0.05, 0.1) is 30.0 Å². The summed E-state index contributed by atoms with van der Waals surface area (Å²) in [5, 5.41) is 1.10. The fourth-order valence-corrected chi connectivity index (χ4v) is 5.12. The van der Waals surface area contributed by atoms with Gasteiger partial charge < -0.3 is 14.0 Å². The number of unbranched alkanes of at least 4 members (excludes halogenated alkanes) is 1. The van der Waals surface area contributed by atoms with Gasteiger partial charge in [-0.05, 0) is 77.2 Å². The highest BCUT2D eigenvalue weighted by Gasteiger charge is 2.13. The van der Waals surface area contributed by atoms with E-state index in [4.69, 9.17) is 37.7 Å². The molecule has 0 spiro atoms. The number of carbonyl (C=O) groups is 1. The van der Waals surface area contributed by atoms with E-state index in [2.05, 4.69) is 47.9 Å². The Morgan fingerprint density at radius 2 is 1.58 bits per heavy atom. The van der Waals surface area contributed by atoms with Crippen molar-refractivity contribution in [1.29, 1.82) is 0 Å². The first-order chi connectivity index (χ1) is 20.9. The van der Waals surface area contributed by atoms with Gasteiger partial charge in [0.2, 0.25) is 0 Å². The number of aromatic nitrogens is 2. The number of halogens is 2. The largest absolute Gasteiger partial charge is 0.494 e. The second-order valence-electron chi connectivity index (χ2n) is 10.1. The quantitative estimate of drug-likeness (QED) is 0.110. The van der Waals surface area contributed by atoms with Gasteiger partial charge in [-0.3, -0.25) is 0 Å². The number of hydrogen-bond donors (Lipinski definition) is 0. The number of nitrogens with zero attached hydrogens (tertiary/aromatic N) is 2. The van der Waals surface area contributed by atoms with Crippen LogP contribution in [0.15, 0.2) is 97.2 Å². The van der Waals surface area contributed by atoms with Crippen molar-refractivity contribution in [3.8, 4) is 28.1 Å². The zero-order valence-electron chi connectivity index (χ0n) is 24.1. The summed E-state index contributed by atoms with van der Waals surface area (Å²) >= 11 is 12.7. The van der Waals surface area contributed by atoms with Crippen molar-refractivity contribution in [2.75, 3.05) is 13.7 Å². The van der Waals surface area contributed by atoms with E-state index in [1.165, 1.54) is 7.11 Å². The van der Waals surface area contributed by atoms with Crippen LogP contribution in [-0.2, 0) is 11.3 Å². The van der Waals surface area contributed by atoms with E-state index in [0.29, 0.717) is 22.2 Å². The first kappa shape index (κ1) is 30.1. The predicted octanol–water partition coefficient (Wildman–Crippen LogP) is 9.71. The maximum Gasteiger partial charge on any atom is 0.337 e. The highest BCUT2D eigenvalue weighted by molar-refractivity contribution is 6.36. The van der Waals surface area contributed by atoms with E-state index in [9.17, 15) is 4.79 Å². The zero-order chi connectivity index (χ0) is 30.2. The van der Waals surface area contributed by atoms with E-state index < -0.39 is 0 Å². The first-order valence-corrected chi connectivity index (χ1v) is 14.9. The smallest absolute Gasteiger partial charge is 0.337 e. The lowest BCUT2D eigenvalue weighted by atomic mass is 10.0. The minimum absolute atomic E-state index is 0.364. The number of carbonyl (C=O) groups excluding carboxylic acids is 1. The van der Waals surface area contributed by atoms with E-state index in [-0.39, 0.29) is 5.97 Å². The van der Waals surface area contributed by atoms with E-state index >= 15 is 0 Å². The first-order valence-electron chi connectivity index (χ1n) is 14.1. The molecular formula is C36H32Cl2N2O3. The molecule has 5 aromatic rings. The van der Waals surface area contributed by atoms with Crippen LogP contribution in [0.1, 0.15) is 47.1 Å². The monoisotopic (exact) mass is 610 g/mol. The average Bonchev–Trinajstić information content (AvgIpc) is 3.42. The van der Waals surface area contributed by atoms with Gasteiger partial charge in [0.1, 0.15) is 11.6 Å². The number of imidazole rings is 1. The zero-order valence-corrected chi connectivity index (χ0v) is 25.6. The van der Waals surface area contributed by atoms with Gasteiger partial charge in [0.25, 0.3) is 0 Å². The van der Waals surface area contributed by atoms with Gasteiger partial charge in [-0.25, -0.2) is 9.78 Å². The number of ether oxygens (including phenoxy) is 2. The molecule has 43 heavy (non-hydrogen) atoms. The summed E-state index contributed by atoms with van der Waals surface area (Å²) in [6.45, 7) is 3.45. The van der Waals surface area contributed by atoms with Gasteiger partial charge in [0, 0.05) is 23.3 Å². The Morgan fingerprint density at radius 1 is 0.884 bits per heavy atom. The van der Waals surface area contributed by atoms with Crippen LogP contribution >= 0.6 is 23.2 Å². The van der Waals surface area contributed by atoms with Crippen LogP contribution in [0.3, 0.4) is 0 Å². The minimum atomic E-state index is -0.364. The summed E-state index contributed by atoms with van der Waals surface area (Å²) in [5.74, 6) is 1.30. The van der Waals surface area contributed by atoms with Crippen LogP contribution in [0.5, 0.6) is 5.75 Å². The molecular weight excluding hydrogens is 579 g/mol. The summed E-state index contributed by atoms with van der Waals surface area (Å²) in [7, 11) is 1.37. The van der Waals surface area contributed by atoms with E-state index in [0.717, 1.165) is 64.5 Å². The topological polar surface area (TPSA) is 53.4 Å². The molecule has 218 valence electrons. The molecule has 7 heteroatoms. The molecule has 4 aromatic carbocycles. The predicted molar refractivity (Wildman–Crippen MR) is 176 cm³/mol. The summed E-state index contributed by atoms with van der Waals surface area (Å²) in [4.78, 5) is 16.8. The summed E-state index contributed by atoms with van der Waals surface area (Å²) in [6.07, 6.45) is 8.18. The third kappa shape index (κ3) is 7.75. The van der Waals surface area contributed by atoms with Crippen molar-refractivity contribution >= 4 is 41.3 Å². The molecule has 0 amide bonds. The molecule has 0 saturated carbocycles. The Hall–Kier alpha value is -4.32. The Balaban J connectivity index is 1.37. The van der Waals surface area contributed by atoms with E-state index in [1.807, 2.05) is 48.7 Å². The summed E-state index contributed by atoms with van der Waals surface area (Å²) in [6, 6.07) is 29.4. The number of rotatable bonds is 11. The minimum Gasteiger partial charge on any atom is -0.494 e. The Kier molecular flexibility index (Phi) is 9.98. The molecule has 0 fully saturated rings. The highest BCUT2D eigenvalue weighted by Crippen LogP contribution is 2.31. The van der Waals surface area contributed by atoms with Crippen molar-refractivity contribution < 1.29 is 14.3 Å². The molecule has 0 bridgehead atoms. The Morgan fingerprint density at radius 3 is 2.23 bits per heavy atom. The van der Waals surface area contributed by atoms with Crippen molar-refractivity contribution in [3.63, 3.8) is 0 Å². The molecule has 0 aliphatic heterocycles. The fraction of sp³-hybridized carbons (Fsp3) is 0.167. The molecule has 1 heterocycles. The van der Waals surface area contributed by atoms with Crippen LogP contribution in [-0.4, -0.2) is 29.2 Å². The molecule has 0 unspecified atom stereocenters. The molecule has 5 nitrogen and oxygen atoms in total. The molecule has 0 atom stereocenters. The summed E-state index contributed by atoms with van der Waals surface area (Å²) in [5.41, 5.74) is 6.37. The molecule has 5 rings (SSSR count). The van der Waals surface area contributed by atoms with Crippen molar-refractivity contribution in [3.05, 3.63) is 130 Å². The molecule has 0 aliphatic carbocycles. The average molecular weight is 612 g/mol. The highest BCUT2D eigenvalue weighted by atomic mass is 35.5. The van der Waals surface area contributed by atoms with Crippen molar-refractivity contribution in [1.82, 2.24) is 9.55 Å². The second kappa shape index (κ2) is 14.2. The van der Waals surface area contributed by atoms with Gasteiger partial charge in [-0.2, -0.15) is 0 Å². The number of benzene rings is 4. The second-order valence-corrected chi connectivity index (χ2v) is 11.0. The lowest BCUT2D eigenvalue weighted by Crippen LogP contribution is -2.03. The standard InChI is InChI=1S/C36H32Cl2N2O3/c1-3-4-21-43-31-17-14-28(15-18-31)27-10-5-25(6-11-27)9-20-35-39-34(32-19-16-30(37)22-33(32)38)24-40(35)23-26-7-12-29(13-8-26)36(41)42-2/h5-20,22,24H,3-4,21,23H2,1-2H3/b20-9+. The van der Waals surface area contributed by atoms with Crippen molar-refractivity contribution in [2.45, 2.75) is 26.3 Å². The maximum atomic E-state index is 11.9. The lowest BCUT2D eigenvalue weighted by Gasteiger charge is -2.07.